The van der Waals surface area contributed by atoms with Crippen molar-refractivity contribution in [1.82, 2.24) is 0 Å². The molecule has 0 saturated carbocycles. The summed E-state index contributed by atoms with van der Waals surface area (Å²) >= 11 is 11.3. The topological polar surface area (TPSA) is 38.3 Å². The van der Waals surface area contributed by atoms with Gasteiger partial charge in [0.05, 0.1) is 11.8 Å². The molecule has 0 aliphatic rings. The van der Waals surface area contributed by atoms with Crippen molar-refractivity contribution in [2.24, 2.45) is 5.41 Å². The molecule has 134 valence electrons. The van der Waals surface area contributed by atoms with Crippen LogP contribution < -0.4 is 5.32 Å². The minimum Gasteiger partial charge on any atom is -0.484 e. The summed E-state index contributed by atoms with van der Waals surface area (Å²) in [4.78, 5) is 12.0. The van der Waals surface area contributed by atoms with Crippen molar-refractivity contribution in [2.75, 3.05) is 5.32 Å². The molecule has 0 saturated heterocycles. The third-order valence-electron chi connectivity index (χ3n) is 3.34. The van der Waals surface area contributed by atoms with Crippen LogP contribution in [0.3, 0.4) is 0 Å². The highest BCUT2D eigenvalue weighted by molar-refractivity contribution is 7.80. The molecule has 1 unspecified atom stereocenters. The Morgan fingerprint density at radius 1 is 1.42 bits per heavy atom. The van der Waals surface area contributed by atoms with Crippen LogP contribution >= 0.6 is 23.8 Å². The summed E-state index contributed by atoms with van der Waals surface area (Å²) < 4.78 is 19.6. The Bertz CT molecular complexity index is 614. The molecule has 1 amide bonds. The van der Waals surface area contributed by atoms with E-state index in [1.54, 1.807) is 0 Å². The molecular formula is C18H25ClFNO2S. The van der Waals surface area contributed by atoms with Gasteiger partial charge in [-0.3, -0.25) is 4.79 Å². The zero-order chi connectivity index (χ0) is 18.5. The van der Waals surface area contributed by atoms with Gasteiger partial charge in [0.1, 0.15) is 5.82 Å². The standard InChI is InChI=1S/C18H25ClFNO2S/c1-6-11(2)23-17(24)8-12-7-15(14(20)9-13(12)19)21-16(22)10-18(3,4)5/h7,9,11H,6,8,10H2,1-5H3,(H,21,22). The predicted octanol–water partition coefficient (Wildman–Crippen LogP) is 5.54. The lowest BCUT2D eigenvalue weighted by Crippen LogP contribution is -2.20. The largest absolute Gasteiger partial charge is 0.484 e. The Labute approximate surface area is 153 Å². The number of ether oxygens (including phenoxy) is 1. The second kappa shape index (κ2) is 8.77. The van der Waals surface area contributed by atoms with Crippen molar-refractivity contribution in [3.63, 3.8) is 0 Å². The summed E-state index contributed by atoms with van der Waals surface area (Å²) in [5, 5.41) is 3.26. The van der Waals surface area contributed by atoms with Crippen LogP contribution in [-0.4, -0.2) is 17.1 Å². The van der Waals surface area contributed by atoms with Gasteiger partial charge in [0.15, 0.2) is 5.05 Å². The van der Waals surface area contributed by atoms with Crippen molar-refractivity contribution in [3.8, 4) is 0 Å². The minimum atomic E-state index is -0.570. The molecule has 6 heteroatoms. The molecule has 1 N–H and O–H groups in total. The highest BCUT2D eigenvalue weighted by Gasteiger charge is 2.18. The number of halogens is 2. The molecule has 0 bridgehead atoms. The Kier molecular flexibility index (Phi) is 7.61. The van der Waals surface area contributed by atoms with Crippen molar-refractivity contribution in [2.45, 2.75) is 60.0 Å². The van der Waals surface area contributed by atoms with Gasteiger partial charge in [-0.05, 0) is 48.7 Å². The first-order valence-corrected chi connectivity index (χ1v) is 8.77. The number of anilines is 1. The van der Waals surface area contributed by atoms with Gasteiger partial charge in [0.2, 0.25) is 5.91 Å². The molecule has 0 aliphatic heterocycles. The van der Waals surface area contributed by atoms with E-state index in [-0.39, 0.29) is 28.1 Å². The van der Waals surface area contributed by atoms with E-state index in [0.717, 1.165) is 6.42 Å². The van der Waals surface area contributed by atoms with Crippen molar-refractivity contribution in [3.05, 3.63) is 28.5 Å². The molecule has 3 nitrogen and oxygen atoms in total. The Hall–Kier alpha value is -1.20. The first-order valence-electron chi connectivity index (χ1n) is 7.99. The van der Waals surface area contributed by atoms with Crippen molar-refractivity contribution < 1.29 is 13.9 Å². The number of hydrogen-bond acceptors (Lipinski definition) is 3. The molecule has 24 heavy (non-hydrogen) atoms. The van der Waals surface area contributed by atoms with Gasteiger partial charge < -0.3 is 10.1 Å². The lowest BCUT2D eigenvalue weighted by atomic mass is 9.92. The van der Waals surface area contributed by atoms with Crippen LogP contribution in [0, 0.1) is 11.2 Å². The fourth-order valence-corrected chi connectivity index (χ4v) is 2.54. The van der Waals surface area contributed by atoms with Crippen LogP contribution in [0.2, 0.25) is 5.02 Å². The third-order valence-corrected chi connectivity index (χ3v) is 3.94. The molecule has 1 aromatic carbocycles. The molecule has 0 aromatic heterocycles. The van der Waals surface area contributed by atoms with Crippen LogP contribution in [0.1, 0.15) is 53.0 Å². The molecule has 0 spiro atoms. The maximum atomic E-state index is 14.1. The molecule has 1 rings (SSSR count). The molecular weight excluding hydrogens is 349 g/mol. The highest BCUT2D eigenvalue weighted by Crippen LogP contribution is 2.27. The summed E-state index contributed by atoms with van der Waals surface area (Å²) in [6.07, 6.45) is 1.44. The monoisotopic (exact) mass is 373 g/mol. The van der Waals surface area contributed by atoms with Gasteiger partial charge in [-0.25, -0.2) is 4.39 Å². The lowest BCUT2D eigenvalue weighted by molar-refractivity contribution is -0.117. The molecule has 0 heterocycles. The van der Waals surface area contributed by atoms with Gasteiger partial charge in [-0.1, -0.05) is 39.3 Å². The number of amides is 1. The zero-order valence-electron chi connectivity index (χ0n) is 14.8. The molecule has 0 fully saturated rings. The molecule has 0 radical (unpaired) electrons. The number of carbonyl (C=O) groups excluding carboxylic acids is 1. The first-order chi connectivity index (χ1) is 11.0. The minimum absolute atomic E-state index is 0.0164. The van der Waals surface area contributed by atoms with E-state index in [9.17, 15) is 9.18 Å². The van der Waals surface area contributed by atoms with Crippen LogP contribution in [0.5, 0.6) is 0 Å². The second-order valence-corrected chi connectivity index (χ2v) is 7.96. The number of thiocarbonyl (C=S) groups is 1. The van der Waals surface area contributed by atoms with Crippen molar-refractivity contribution >= 4 is 40.5 Å². The lowest BCUT2D eigenvalue weighted by Gasteiger charge is -2.18. The summed E-state index contributed by atoms with van der Waals surface area (Å²) in [7, 11) is 0. The zero-order valence-corrected chi connectivity index (χ0v) is 16.4. The van der Waals surface area contributed by atoms with E-state index in [4.69, 9.17) is 28.6 Å². The van der Waals surface area contributed by atoms with E-state index >= 15 is 0 Å². The predicted molar refractivity (Wildman–Crippen MR) is 101 cm³/mol. The average molecular weight is 374 g/mol. The summed E-state index contributed by atoms with van der Waals surface area (Å²) in [6, 6.07) is 2.71. The number of rotatable bonds is 6. The number of hydrogen-bond donors (Lipinski definition) is 1. The van der Waals surface area contributed by atoms with Gasteiger partial charge >= 0.3 is 0 Å². The van der Waals surface area contributed by atoms with E-state index in [2.05, 4.69) is 5.32 Å². The van der Waals surface area contributed by atoms with E-state index in [0.29, 0.717) is 23.5 Å². The van der Waals surface area contributed by atoms with E-state index in [1.807, 2.05) is 34.6 Å². The van der Waals surface area contributed by atoms with Crippen LogP contribution in [0.25, 0.3) is 0 Å². The molecule has 1 atom stereocenters. The average Bonchev–Trinajstić information content (AvgIpc) is 2.41. The summed E-state index contributed by atoms with van der Waals surface area (Å²) in [6.45, 7) is 9.76. The number of nitrogens with one attached hydrogen (secondary N) is 1. The first kappa shape index (κ1) is 20.8. The van der Waals surface area contributed by atoms with E-state index < -0.39 is 5.82 Å². The number of benzene rings is 1. The van der Waals surface area contributed by atoms with Crippen LogP contribution in [0.4, 0.5) is 10.1 Å². The van der Waals surface area contributed by atoms with Crippen LogP contribution in [0.15, 0.2) is 12.1 Å². The van der Waals surface area contributed by atoms with E-state index in [1.165, 1.54) is 12.1 Å². The third kappa shape index (κ3) is 7.14. The quantitative estimate of drug-likeness (QED) is 0.665. The highest BCUT2D eigenvalue weighted by atomic mass is 35.5. The fourth-order valence-electron chi connectivity index (χ4n) is 2.01. The Morgan fingerprint density at radius 2 is 2.04 bits per heavy atom. The SMILES string of the molecule is CCC(C)OC(=S)Cc1cc(NC(=O)CC(C)(C)C)c(F)cc1Cl. The fraction of sp³-hybridized carbons (Fsp3) is 0.556. The van der Waals surface area contributed by atoms with Gasteiger partial charge in [0.25, 0.3) is 0 Å². The smallest absolute Gasteiger partial charge is 0.224 e. The van der Waals surface area contributed by atoms with Gasteiger partial charge in [-0.2, -0.15) is 0 Å². The second-order valence-electron chi connectivity index (χ2n) is 7.09. The van der Waals surface area contributed by atoms with Gasteiger partial charge in [-0.15, -0.1) is 0 Å². The Morgan fingerprint density at radius 3 is 2.58 bits per heavy atom. The maximum Gasteiger partial charge on any atom is 0.224 e. The summed E-state index contributed by atoms with van der Waals surface area (Å²) in [5.74, 6) is -0.812. The van der Waals surface area contributed by atoms with Gasteiger partial charge in [0, 0.05) is 17.9 Å². The molecule has 0 aliphatic carbocycles. The van der Waals surface area contributed by atoms with Crippen LogP contribution in [-0.2, 0) is 16.0 Å². The Balaban J connectivity index is 2.89. The molecule has 1 aromatic rings. The summed E-state index contributed by atoms with van der Waals surface area (Å²) in [5.41, 5.74) is 0.550. The normalized spacial score (nSPS) is 12.6. The number of carbonyl (C=O) groups is 1. The van der Waals surface area contributed by atoms with Crippen molar-refractivity contribution in [1.29, 1.82) is 0 Å². The maximum absolute atomic E-state index is 14.1.